The first kappa shape index (κ1) is 84.7. The van der Waals surface area contributed by atoms with Crippen LogP contribution < -0.4 is 10.6 Å². The summed E-state index contributed by atoms with van der Waals surface area (Å²) in [5.41, 5.74) is 0. The maximum Gasteiger partial charge on any atom is 0.364 e. The summed E-state index contributed by atoms with van der Waals surface area (Å²) >= 11 is 0. The van der Waals surface area contributed by atoms with Crippen molar-refractivity contribution in [1.82, 2.24) is 10.6 Å². The fraction of sp³-hybridized carbons (Fsp3) is 0.929. The molecule has 3 aliphatic heterocycles. The van der Waals surface area contributed by atoms with Crippen LogP contribution in [0.3, 0.4) is 0 Å². The van der Waals surface area contributed by atoms with E-state index in [-0.39, 0.29) is 18.9 Å². The van der Waals surface area contributed by atoms with Gasteiger partial charge in [-0.25, -0.2) is 4.79 Å². The molecule has 0 bridgehead atoms. The number of carbonyl (C=O) groups is 3. The summed E-state index contributed by atoms with van der Waals surface area (Å²) in [4.78, 5) is 38.6. The van der Waals surface area contributed by atoms with E-state index < -0.39 is 148 Å². The van der Waals surface area contributed by atoms with Crippen molar-refractivity contribution in [3.8, 4) is 0 Å². The average Bonchev–Trinajstić information content (AvgIpc) is 0.767. The first-order chi connectivity index (χ1) is 44.9. The number of hydrogen-bond acceptors (Lipinski definition) is 20. The van der Waals surface area contributed by atoms with Crippen molar-refractivity contribution in [3.63, 3.8) is 0 Å². The van der Waals surface area contributed by atoms with E-state index >= 15 is 0 Å². The summed E-state index contributed by atoms with van der Waals surface area (Å²) in [6.45, 7) is 2.21. The predicted octanol–water partition coefficient (Wildman–Crippen LogP) is 7.46. The van der Waals surface area contributed by atoms with Gasteiger partial charge in [0.25, 0.3) is 5.79 Å². The van der Waals surface area contributed by atoms with Crippen LogP contribution in [0.4, 0.5) is 0 Å². The molecular weight excluding hydrogens is 1200 g/mol. The van der Waals surface area contributed by atoms with Crippen molar-refractivity contribution in [3.05, 3.63) is 12.2 Å². The summed E-state index contributed by atoms with van der Waals surface area (Å²) in [6.07, 6.45) is 20.7. The van der Waals surface area contributed by atoms with E-state index in [4.69, 9.17) is 28.4 Å². The van der Waals surface area contributed by atoms with Crippen LogP contribution >= 0.6 is 0 Å². The van der Waals surface area contributed by atoms with E-state index in [0.717, 1.165) is 84.0 Å². The van der Waals surface area contributed by atoms with E-state index in [2.05, 4.69) is 36.6 Å². The zero-order valence-electron chi connectivity index (χ0n) is 57.1. The lowest BCUT2D eigenvalue weighted by Crippen LogP contribution is -2.70. The van der Waals surface area contributed by atoms with Gasteiger partial charge in [-0.2, -0.15) is 0 Å². The van der Waals surface area contributed by atoms with Gasteiger partial charge < -0.3 is 100 Å². The van der Waals surface area contributed by atoms with Crippen LogP contribution in [0.1, 0.15) is 278 Å². The van der Waals surface area contributed by atoms with Crippen molar-refractivity contribution in [1.29, 1.82) is 0 Å². The molecule has 0 aliphatic carbocycles. The van der Waals surface area contributed by atoms with E-state index in [1.54, 1.807) is 0 Å². The number of carbonyl (C=O) groups excluding carboxylic acids is 2. The molecule has 23 heteroatoms. The molecule has 2 amide bonds. The largest absolute Gasteiger partial charge is 0.477 e. The van der Waals surface area contributed by atoms with Crippen LogP contribution in [0.15, 0.2) is 12.2 Å². The summed E-state index contributed by atoms with van der Waals surface area (Å²) < 4.78 is 34.9. The van der Waals surface area contributed by atoms with E-state index in [1.165, 1.54) is 148 Å². The maximum atomic E-state index is 13.5. The molecule has 3 rings (SSSR count). The molecule has 0 saturated carbocycles. The van der Waals surface area contributed by atoms with Gasteiger partial charge in [0, 0.05) is 19.8 Å². The molecule has 0 aromatic rings. The summed E-state index contributed by atoms with van der Waals surface area (Å²) in [5, 5.41) is 136. The third-order valence-corrected chi connectivity index (χ3v) is 18.7. The number of nitrogens with one attached hydrogen (secondary N) is 2. The van der Waals surface area contributed by atoms with Gasteiger partial charge >= 0.3 is 5.97 Å². The predicted molar refractivity (Wildman–Crippen MR) is 352 cm³/mol. The molecule has 18 unspecified atom stereocenters. The van der Waals surface area contributed by atoms with E-state index in [9.17, 15) is 75.7 Å². The lowest BCUT2D eigenvalue weighted by Gasteiger charge is -2.50. The molecular formula is C70H130N2O21. The molecule has 546 valence electrons. The second-order valence-electron chi connectivity index (χ2n) is 26.8. The molecule has 23 nitrogen and oxygen atoms in total. The Bertz CT molecular complexity index is 1930. The van der Waals surface area contributed by atoms with Gasteiger partial charge in [0.2, 0.25) is 11.8 Å². The first-order valence-electron chi connectivity index (χ1n) is 36.5. The number of rotatable bonds is 56. The minimum Gasteiger partial charge on any atom is -0.477 e. The fourth-order valence-electron chi connectivity index (χ4n) is 12.9. The van der Waals surface area contributed by atoms with Crippen molar-refractivity contribution >= 4 is 17.8 Å². The number of aliphatic hydroxyl groups excluding tert-OH is 11. The molecule has 18 atom stereocenters. The summed E-state index contributed by atoms with van der Waals surface area (Å²) in [5.74, 6) is -6.10. The van der Waals surface area contributed by atoms with Gasteiger partial charge in [0.15, 0.2) is 12.6 Å². The molecule has 3 fully saturated rings. The van der Waals surface area contributed by atoms with Crippen molar-refractivity contribution < 1.29 is 104 Å². The van der Waals surface area contributed by atoms with E-state index in [0.29, 0.717) is 19.3 Å². The Labute approximate surface area is 556 Å². The quantitative estimate of drug-likeness (QED) is 0.0207. The Morgan fingerprint density at radius 2 is 1.00 bits per heavy atom. The van der Waals surface area contributed by atoms with Crippen LogP contribution in [-0.4, -0.2) is 215 Å². The monoisotopic (exact) mass is 1330 g/mol. The highest BCUT2D eigenvalue weighted by Crippen LogP contribution is 2.39. The topological polar surface area (TPSA) is 373 Å². The Kier molecular flexibility index (Phi) is 46.2. The van der Waals surface area contributed by atoms with Gasteiger partial charge in [-0.1, -0.05) is 231 Å². The number of aliphatic carboxylic acids is 1. The van der Waals surface area contributed by atoms with Gasteiger partial charge in [-0.05, 0) is 38.5 Å². The molecule has 3 aliphatic rings. The number of carboxylic acid groups (broad SMARTS) is 1. The molecule has 14 N–H and O–H groups in total. The number of amides is 2. The number of aliphatic hydroxyl groups is 11. The van der Waals surface area contributed by atoms with Crippen LogP contribution in [0.25, 0.3) is 0 Å². The third kappa shape index (κ3) is 32.8. The molecule has 0 radical (unpaired) electrons. The van der Waals surface area contributed by atoms with Gasteiger partial charge in [-0.3, -0.25) is 9.59 Å². The number of ether oxygens (including phenoxy) is 6. The lowest BCUT2D eigenvalue weighted by molar-refractivity contribution is -0.386. The number of unbranched alkanes of at least 4 members (excludes halogenated alkanes) is 34. The molecule has 0 aromatic carbocycles. The highest BCUT2D eigenvalue weighted by molar-refractivity contribution is 5.77. The lowest BCUT2D eigenvalue weighted by atomic mass is 9.88. The van der Waals surface area contributed by atoms with Gasteiger partial charge in [-0.15, -0.1) is 0 Å². The number of carboxylic acids is 1. The molecule has 0 aromatic heterocycles. The maximum absolute atomic E-state index is 13.5. The Hall–Kier alpha value is -2.53. The first-order valence-corrected chi connectivity index (χ1v) is 36.5. The number of allylic oxidation sites excluding steroid dienone is 2. The normalized spacial score (nSPS) is 28.1. The molecule has 0 spiro atoms. The highest BCUT2D eigenvalue weighted by Gasteiger charge is 2.60. The van der Waals surface area contributed by atoms with Crippen molar-refractivity contribution in [2.24, 2.45) is 0 Å². The smallest absolute Gasteiger partial charge is 0.364 e. The average molecular weight is 1340 g/mol. The third-order valence-electron chi connectivity index (χ3n) is 18.7. The summed E-state index contributed by atoms with van der Waals surface area (Å²) in [6, 6.07) is -2.53. The number of hydrogen-bond donors (Lipinski definition) is 14. The van der Waals surface area contributed by atoms with Crippen LogP contribution in [0.2, 0.25) is 0 Å². The minimum atomic E-state index is -3.08. The second-order valence-corrected chi connectivity index (χ2v) is 26.8. The zero-order valence-corrected chi connectivity index (χ0v) is 57.1. The molecule has 3 saturated heterocycles. The Balaban J connectivity index is 1.56. The van der Waals surface area contributed by atoms with Crippen molar-refractivity contribution in [2.75, 3.05) is 26.4 Å². The van der Waals surface area contributed by atoms with Gasteiger partial charge in [0.05, 0.1) is 50.7 Å². The SMILES string of the molecule is CCCCCC/C=C\CCCCCCCCCC(=O)NC(COC1OC(CO)C(OC2OC(CO)C(O)C(OC3(C(=O)O)CC(O)C(NC(C)=O)C(C(O)C(O)CO)O3)C2O)C(O)C1O)C(O)CCCCCCCCCCCCCCCCCCCCCCCCCC. The Morgan fingerprint density at radius 1 is 0.548 bits per heavy atom. The second kappa shape index (κ2) is 50.7. The molecule has 3 heterocycles. The summed E-state index contributed by atoms with van der Waals surface area (Å²) in [7, 11) is 0. The fourth-order valence-corrected chi connectivity index (χ4v) is 12.9. The van der Waals surface area contributed by atoms with E-state index in [1.807, 2.05) is 0 Å². The zero-order chi connectivity index (χ0) is 68.2. The minimum absolute atomic E-state index is 0.220. The Morgan fingerprint density at radius 3 is 1.46 bits per heavy atom. The van der Waals surface area contributed by atoms with Crippen LogP contribution in [-0.2, 0) is 42.8 Å². The standard InChI is InChI=1S/C70H130N2O21/c1-4-6-8-10-12-14-16-18-20-21-22-23-24-25-26-27-28-30-31-33-35-37-39-41-43-52(77)51(72-57(80)44-42-40-38-36-34-32-29-19-17-15-13-11-9-7-5-2)49-88-67-62(84)61(83)64(56(48-75)90-67)91-68-63(85)66(60(82)55(47-74)89-68)93-70(69(86)87)45-53(78)58(71-50(3)76)65(92-70)59(81)54(79)46-73/h15,17,51-56,58-68,73-75,77-79,81-85H,4-14,16,18-49H2,1-3H3,(H,71,76)(H,72,80)(H,86,87)/b17-15-. The van der Waals surface area contributed by atoms with Crippen molar-refractivity contribution in [2.45, 2.75) is 387 Å². The van der Waals surface area contributed by atoms with Gasteiger partial charge in [0.1, 0.15) is 67.1 Å². The van der Waals surface area contributed by atoms with Crippen LogP contribution in [0, 0.1) is 0 Å². The molecule has 93 heavy (non-hydrogen) atoms. The highest BCUT2D eigenvalue weighted by atomic mass is 16.8. The van der Waals surface area contributed by atoms with Crippen LogP contribution in [0.5, 0.6) is 0 Å².